The summed E-state index contributed by atoms with van der Waals surface area (Å²) in [6.07, 6.45) is 3.06. The van der Waals surface area contributed by atoms with Crippen molar-refractivity contribution in [1.82, 2.24) is 25.4 Å². The highest BCUT2D eigenvalue weighted by Gasteiger charge is 2.08. The molecule has 0 aliphatic heterocycles. The van der Waals surface area contributed by atoms with E-state index in [-0.39, 0.29) is 18.7 Å². The van der Waals surface area contributed by atoms with Crippen molar-refractivity contribution in [3.8, 4) is 0 Å². The first-order chi connectivity index (χ1) is 10.2. The lowest BCUT2D eigenvalue weighted by atomic mass is 10.1. The Bertz CT molecular complexity index is 571. The standard InChI is InChI=1S/C14H19N5O2/c1-11(7-19-10-15-9-17-19)18-14(21)16-6-12-4-2-3-5-13(12)8-20/h2-5,9-11,20H,6-8H2,1H3,(H2,16,18,21). The van der Waals surface area contributed by atoms with Crippen LogP contribution in [-0.4, -0.2) is 31.9 Å². The van der Waals surface area contributed by atoms with E-state index < -0.39 is 0 Å². The van der Waals surface area contributed by atoms with Crippen molar-refractivity contribution in [3.05, 3.63) is 48.0 Å². The third-order valence-electron chi connectivity index (χ3n) is 3.03. The Balaban J connectivity index is 1.79. The zero-order chi connectivity index (χ0) is 15.1. The number of carbonyl (C=O) groups excluding carboxylic acids is 1. The molecular weight excluding hydrogens is 270 g/mol. The SMILES string of the molecule is CC(Cn1cncn1)NC(=O)NCc1ccccc1CO. The van der Waals surface area contributed by atoms with Crippen LogP contribution in [0.15, 0.2) is 36.9 Å². The van der Waals surface area contributed by atoms with Crippen LogP contribution in [0.5, 0.6) is 0 Å². The van der Waals surface area contributed by atoms with Gasteiger partial charge in [-0.1, -0.05) is 24.3 Å². The van der Waals surface area contributed by atoms with Crippen LogP contribution in [0.2, 0.25) is 0 Å². The van der Waals surface area contributed by atoms with Gasteiger partial charge in [0.2, 0.25) is 0 Å². The molecule has 0 aliphatic carbocycles. The third kappa shape index (κ3) is 4.57. The number of aliphatic hydroxyl groups excluding tert-OH is 1. The van der Waals surface area contributed by atoms with E-state index in [1.165, 1.54) is 6.33 Å². The zero-order valence-electron chi connectivity index (χ0n) is 11.9. The van der Waals surface area contributed by atoms with Gasteiger partial charge in [0.1, 0.15) is 12.7 Å². The number of benzene rings is 1. The highest BCUT2D eigenvalue weighted by Crippen LogP contribution is 2.07. The van der Waals surface area contributed by atoms with Crippen LogP contribution in [0, 0.1) is 0 Å². The minimum absolute atomic E-state index is 0.0395. The average molecular weight is 289 g/mol. The predicted molar refractivity (Wildman–Crippen MR) is 77.2 cm³/mol. The molecule has 0 radical (unpaired) electrons. The van der Waals surface area contributed by atoms with E-state index in [0.717, 1.165) is 11.1 Å². The van der Waals surface area contributed by atoms with E-state index >= 15 is 0 Å². The normalized spacial score (nSPS) is 11.9. The Morgan fingerprint density at radius 2 is 2.14 bits per heavy atom. The van der Waals surface area contributed by atoms with E-state index in [1.54, 1.807) is 11.0 Å². The largest absolute Gasteiger partial charge is 0.392 e. The summed E-state index contributed by atoms with van der Waals surface area (Å²) in [7, 11) is 0. The predicted octanol–water partition coefficient (Wildman–Crippen LogP) is 0.658. The van der Waals surface area contributed by atoms with Crippen LogP contribution in [0.3, 0.4) is 0 Å². The van der Waals surface area contributed by atoms with Gasteiger partial charge >= 0.3 is 6.03 Å². The molecule has 112 valence electrons. The third-order valence-corrected chi connectivity index (χ3v) is 3.03. The number of rotatable bonds is 6. The molecule has 0 saturated heterocycles. The van der Waals surface area contributed by atoms with E-state index in [4.69, 9.17) is 0 Å². The molecular formula is C14H19N5O2. The molecule has 7 nitrogen and oxygen atoms in total. The molecule has 1 atom stereocenters. The zero-order valence-corrected chi connectivity index (χ0v) is 11.9. The molecule has 2 amide bonds. The fourth-order valence-electron chi connectivity index (χ4n) is 1.99. The highest BCUT2D eigenvalue weighted by molar-refractivity contribution is 5.74. The van der Waals surface area contributed by atoms with Crippen molar-refractivity contribution < 1.29 is 9.90 Å². The van der Waals surface area contributed by atoms with Crippen molar-refractivity contribution in [2.45, 2.75) is 32.7 Å². The number of aromatic nitrogens is 3. The maximum Gasteiger partial charge on any atom is 0.315 e. The second-order valence-electron chi connectivity index (χ2n) is 4.77. The van der Waals surface area contributed by atoms with E-state index in [9.17, 15) is 9.90 Å². The number of hydrogen-bond acceptors (Lipinski definition) is 4. The Morgan fingerprint density at radius 3 is 2.81 bits per heavy atom. The number of amides is 2. The Kier molecular flexibility index (Phi) is 5.28. The van der Waals surface area contributed by atoms with Crippen molar-refractivity contribution in [1.29, 1.82) is 0 Å². The molecule has 0 aliphatic rings. The smallest absolute Gasteiger partial charge is 0.315 e. The van der Waals surface area contributed by atoms with Gasteiger partial charge in [0.25, 0.3) is 0 Å². The number of hydrogen-bond donors (Lipinski definition) is 3. The maximum absolute atomic E-state index is 11.8. The van der Waals surface area contributed by atoms with E-state index in [0.29, 0.717) is 13.1 Å². The van der Waals surface area contributed by atoms with Crippen molar-refractivity contribution in [3.63, 3.8) is 0 Å². The van der Waals surface area contributed by atoms with Crippen LogP contribution >= 0.6 is 0 Å². The van der Waals surface area contributed by atoms with Gasteiger partial charge in [0, 0.05) is 12.6 Å². The molecule has 1 unspecified atom stereocenters. The number of urea groups is 1. The van der Waals surface area contributed by atoms with Crippen molar-refractivity contribution >= 4 is 6.03 Å². The summed E-state index contributed by atoms with van der Waals surface area (Å²) in [5.74, 6) is 0. The van der Waals surface area contributed by atoms with Gasteiger partial charge in [-0.15, -0.1) is 0 Å². The average Bonchev–Trinajstić information content (AvgIpc) is 2.98. The van der Waals surface area contributed by atoms with Crippen molar-refractivity contribution in [2.24, 2.45) is 0 Å². The molecule has 2 aromatic rings. The second kappa shape index (κ2) is 7.39. The first-order valence-corrected chi connectivity index (χ1v) is 6.73. The fourth-order valence-corrected chi connectivity index (χ4v) is 1.99. The first kappa shape index (κ1) is 15.0. The van der Waals surface area contributed by atoms with Gasteiger partial charge in [0.05, 0.1) is 13.2 Å². The van der Waals surface area contributed by atoms with Crippen LogP contribution in [-0.2, 0) is 19.7 Å². The summed E-state index contributed by atoms with van der Waals surface area (Å²) in [5, 5.41) is 18.8. The molecule has 0 spiro atoms. The Hall–Kier alpha value is -2.41. The van der Waals surface area contributed by atoms with Gasteiger partial charge in [-0.2, -0.15) is 5.10 Å². The fraction of sp³-hybridized carbons (Fsp3) is 0.357. The molecule has 3 N–H and O–H groups in total. The lowest BCUT2D eigenvalue weighted by Crippen LogP contribution is -2.42. The molecule has 2 rings (SSSR count). The molecule has 0 bridgehead atoms. The van der Waals surface area contributed by atoms with Crippen LogP contribution in [0.4, 0.5) is 4.79 Å². The van der Waals surface area contributed by atoms with Gasteiger partial charge in [-0.05, 0) is 18.1 Å². The minimum atomic E-state index is -0.254. The Morgan fingerprint density at radius 1 is 1.38 bits per heavy atom. The summed E-state index contributed by atoms with van der Waals surface area (Å²) in [6, 6.07) is 7.12. The number of aliphatic hydroxyl groups is 1. The van der Waals surface area contributed by atoms with Crippen LogP contribution in [0.1, 0.15) is 18.1 Å². The Labute approximate surface area is 123 Å². The van der Waals surface area contributed by atoms with Gasteiger partial charge in [-0.25, -0.2) is 9.78 Å². The first-order valence-electron chi connectivity index (χ1n) is 6.73. The van der Waals surface area contributed by atoms with Gasteiger partial charge < -0.3 is 15.7 Å². The van der Waals surface area contributed by atoms with Crippen LogP contribution < -0.4 is 10.6 Å². The summed E-state index contributed by atoms with van der Waals surface area (Å²) in [6.45, 7) is 2.78. The molecule has 1 aromatic carbocycles. The summed E-state index contributed by atoms with van der Waals surface area (Å²) in [4.78, 5) is 15.7. The summed E-state index contributed by atoms with van der Waals surface area (Å²) < 4.78 is 1.66. The lowest BCUT2D eigenvalue weighted by Gasteiger charge is -2.15. The molecule has 0 fully saturated rings. The van der Waals surface area contributed by atoms with Gasteiger partial charge in [-0.3, -0.25) is 4.68 Å². The van der Waals surface area contributed by atoms with E-state index in [1.807, 2.05) is 31.2 Å². The lowest BCUT2D eigenvalue weighted by molar-refractivity contribution is 0.235. The summed E-state index contributed by atoms with van der Waals surface area (Å²) >= 11 is 0. The quantitative estimate of drug-likeness (QED) is 0.728. The molecule has 1 aromatic heterocycles. The molecule has 0 saturated carbocycles. The monoisotopic (exact) mass is 289 g/mol. The van der Waals surface area contributed by atoms with E-state index in [2.05, 4.69) is 20.7 Å². The summed E-state index contributed by atoms with van der Waals surface area (Å²) in [5.41, 5.74) is 1.72. The minimum Gasteiger partial charge on any atom is -0.392 e. The van der Waals surface area contributed by atoms with Crippen LogP contribution in [0.25, 0.3) is 0 Å². The highest BCUT2D eigenvalue weighted by atomic mass is 16.3. The topological polar surface area (TPSA) is 92.1 Å². The van der Waals surface area contributed by atoms with Crippen molar-refractivity contribution in [2.75, 3.05) is 0 Å². The number of nitrogens with zero attached hydrogens (tertiary/aromatic N) is 3. The maximum atomic E-state index is 11.8. The molecule has 21 heavy (non-hydrogen) atoms. The number of nitrogens with one attached hydrogen (secondary N) is 2. The molecule has 1 heterocycles. The number of carbonyl (C=O) groups is 1. The van der Waals surface area contributed by atoms with Gasteiger partial charge in [0.15, 0.2) is 0 Å². The molecule has 7 heteroatoms. The second-order valence-corrected chi connectivity index (χ2v) is 4.77.